The third kappa shape index (κ3) is 1.93. The minimum atomic E-state index is 0.283. The highest BCUT2D eigenvalue weighted by molar-refractivity contribution is 7.98. The summed E-state index contributed by atoms with van der Waals surface area (Å²) in [6.07, 6.45) is 4.55. The number of hydrogen-bond acceptors (Lipinski definition) is 2. The smallest absolute Gasteiger partial charge is 0.0465 e. The largest absolute Gasteiger partial charge is 0.396 e. The number of aliphatic hydroxyl groups is 1. The molecule has 82 valence electrons. The van der Waals surface area contributed by atoms with Crippen molar-refractivity contribution in [3.05, 3.63) is 29.8 Å². The van der Waals surface area contributed by atoms with Gasteiger partial charge in [-0.2, -0.15) is 0 Å². The lowest BCUT2D eigenvalue weighted by Crippen LogP contribution is -2.20. The van der Waals surface area contributed by atoms with Crippen LogP contribution in [0.1, 0.15) is 25.3 Å². The Kier molecular flexibility index (Phi) is 3.08. The summed E-state index contributed by atoms with van der Waals surface area (Å²) in [6.45, 7) is 2.44. The van der Waals surface area contributed by atoms with E-state index in [2.05, 4.69) is 37.4 Å². The molecule has 15 heavy (non-hydrogen) atoms. The van der Waals surface area contributed by atoms with Gasteiger partial charge in [-0.1, -0.05) is 19.1 Å². The van der Waals surface area contributed by atoms with Gasteiger partial charge in [0.1, 0.15) is 0 Å². The summed E-state index contributed by atoms with van der Waals surface area (Å²) in [5.74, 6) is 0.387. The summed E-state index contributed by atoms with van der Waals surface area (Å²) in [6, 6.07) is 8.82. The Morgan fingerprint density at radius 1 is 1.33 bits per heavy atom. The molecule has 1 aromatic carbocycles. The molecule has 0 saturated heterocycles. The van der Waals surface area contributed by atoms with Gasteiger partial charge in [-0.25, -0.2) is 0 Å². The highest BCUT2D eigenvalue weighted by Crippen LogP contribution is 2.53. The highest BCUT2D eigenvalue weighted by atomic mass is 32.2. The van der Waals surface area contributed by atoms with Crippen LogP contribution in [0.5, 0.6) is 0 Å². The first-order valence-corrected chi connectivity index (χ1v) is 6.71. The summed E-state index contributed by atoms with van der Waals surface area (Å²) in [7, 11) is 0. The molecule has 0 heterocycles. The van der Waals surface area contributed by atoms with E-state index in [1.54, 1.807) is 11.8 Å². The molecular weight excluding hydrogens is 204 g/mol. The number of hydrogen-bond donors (Lipinski definition) is 1. The molecule has 1 aromatic rings. The maximum Gasteiger partial charge on any atom is 0.0465 e. The van der Waals surface area contributed by atoms with Crippen LogP contribution < -0.4 is 0 Å². The van der Waals surface area contributed by atoms with Gasteiger partial charge in [-0.05, 0) is 42.7 Å². The second-order valence-electron chi connectivity index (χ2n) is 4.47. The highest BCUT2D eigenvalue weighted by Gasteiger charge is 2.48. The van der Waals surface area contributed by atoms with Crippen molar-refractivity contribution in [3.8, 4) is 0 Å². The van der Waals surface area contributed by atoms with Gasteiger partial charge in [0.25, 0.3) is 0 Å². The Balaban J connectivity index is 2.22. The SMILES string of the molecule is CSc1ccc(C2(C(C)CO)CC2)cc1. The van der Waals surface area contributed by atoms with Crippen molar-refractivity contribution >= 4 is 11.8 Å². The zero-order valence-electron chi connectivity index (χ0n) is 9.36. The minimum absolute atomic E-state index is 0.283. The zero-order valence-corrected chi connectivity index (χ0v) is 10.2. The lowest BCUT2D eigenvalue weighted by molar-refractivity contribution is 0.208. The molecule has 2 heteroatoms. The van der Waals surface area contributed by atoms with Gasteiger partial charge in [0, 0.05) is 16.9 Å². The Hall–Kier alpha value is -0.470. The number of thioether (sulfide) groups is 1. The van der Waals surface area contributed by atoms with Gasteiger partial charge in [-0.15, -0.1) is 11.8 Å². The van der Waals surface area contributed by atoms with Crippen LogP contribution in [0.4, 0.5) is 0 Å². The second kappa shape index (κ2) is 4.18. The molecule has 0 radical (unpaired) electrons. The Bertz CT molecular complexity index is 327. The first-order chi connectivity index (χ1) is 7.23. The molecule has 1 aliphatic carbocycles. The monoisotopic (exact) mass is 222 g/mol. The van der Waals surface area contributed by atoms with Crippen molar-refractivity contribution in [2.75, 3.05) is 12.9 Å². The summed E-state index contributed by atoms with van der Waals surface area (Å²) in [5.41, 5.74) is 1.69. The molecule has 0 amide bonds. The van der Waals surface area contributed by atoms with Gasteiger partial charge in [0.05, 0.1) is 0 Å². The average molecular weight is 222 g/mol. The Labute approximate surface area is 95.9 Å². The van der Waals surface area contributed by atoms with E-state index in [-0.39, 0.29) is 5.41 Å². The average Bonchev–Trinajstić information content (AvgIpc) is 3.09. The van der Waals surface area contributed by atoms with Crippen molar-refractivity contribution < 1.29 is 5.11 Å². The minimum Gasteiger partial charge on any atom is -0.396 e. The fourth-order valence-electron chi connectivity index (χ4n) is 2.30. The van der Waals surface area contributed by atoms with Crippen molar-refractivity contribution in [1.82, 2.24) is 0 Å². The van der Waals surface area contributed by atoms with Crippen LogP contribution in [-0.4, -0.2) is 18.0 Å². The van der Waals surface area contributed by atoms with Crippen LogP contribution in [0, 0.1) is 5.92 Å². The Morgan fingerprint density at radius 3 is 2.33 bits per heavy atom. The van der Waals surface area contributed by atoms with Crippen molar-refractivity contribution in [3.63, 3.8) is 0 Å². The van der Waals surface area contributed by atoms with E-state index in [0.717, 1.165) is 0 Å². The topological polar surface area (TPSA) is 20.2 Å². The van der Waals surface area contributed by atoms with Crippen molar-refractivity contribution in [1.29, 1.82) is 0 Å². The molecule has 1 unspecified atom stereocenters. The van der Waals surface area contributed by atoms with Crippen LogP contribution >= 0.6 is 11.8 Å². The van der Waals surface area contributed by atoms with E-state index in [0.29, 0.717) is 12.5 Å². The third-order valence-corrected chi connectivity index (χ3v) is 4.41. The molecule has 0 aromatic heterocycles. The first kappa shape index (κ1) is 11.0. The molecule has 0 spiro atoms. The van der Waals surface area contributed by atoms with Crippen LogP contribution in [0.2, 0.25) is 0 Å². The summed E-state index contributed by atoms with van der Waals surface area (Å²) < 4.78 is 0. The summed E-state index contributed by atoms with van der Waals surface area (Å²) in [5, 5.41) is 9.27. The second-order valence-corrected chi connectivity index (χ2v) is 5.35. The fraction of sp³-hybridized carbons (Fsp3) is 0.538. The maximum absolute atomic E-state index is 9.27. The van der Waals surface area contributed by atoms with Crippen LogP contribution in [-0.2, 0) is 5.41 Å². The van der Waals surface area contributed by atoms with Gasteiger partial charge in [0.2, 0.25) is 0 Å². The molecule has 1 saturated carbocycles. The van der Waals surface area contributed by atoms with E-state index in [4.69, 9.17) is 0 Å². The van der Waals surface area contributed by atoms with Crippen molar-refractivity contribution in [2.45, 2.75) is 30.1 Å². The van der Waals surface area contributed by atoms with E-state index in [1.807, 2.05) is 0 Å². The zero-order chi connectivity index (χ0) is 10.9. The fourth-order valence-corrected chi connectivity index (χ4v) is 2.71. The first-order valence-electron chi connectivity index (χ1n) is 5.48. The molecule has 1 aliphatic rings. The van der Waals surface area contributed by atoms with E-state index in [9.17, 15) is 5.11 Å². The lowest BCUT2D eigenvalue weighted by Gasteiger charge is -2.22. The molecule has 0 aliphatic heterocycles. The maximum atomic E-state index is 9.27. The molecule has 1 nitrogen and oxygen atoms in total. The van der Waals surface area contributed by atoms with E-state index in [1.165, 1.54) is 23.3 Å². The van der Waals surface area contributed by atoms with Gasteiger partial charge in [0.15, 0.2) is 0 Å². The summed E-state index contributed by atoms with van der Waals surface area (Å²) >= 11 is 1.77. The van der Waals surface area contributed by atoms with Crippen LogP contribution in [0.15, 0.2) is 29.2 Å². The predicted molar refractivity (Wildman–Crippen MR) is 65.4 cm³/mol. The molecule has 2 rings (SSSR count). The summed E-state index contributed by atoms with van der Waals surface area (Å²) in [4.78, 5) is 1.31. The van der Waals surface area contributed by atoms with Gasteiger partial charge in [-0.3, -0.25) is 0 Å². The number of aliphatic hydroxyl groups excluding tert-OH is 1. The molecular formula is C13H18OS. The van der Waals surface area contributed by atoms with Gasteiger partial charge >= 0.3 is 0 Å². The standard InChI is InChI=1S/C13H18OS/c1-10(9-14)13(7-8-13)11-3-5-12(15-2)6-4-11/h3-6,10,14H,7-9H2,1-2H3. The van der Waals surface area contributed by atoms with Crippen LogP contribution in [0.25, 0.3) is 0 Å². The number of benzene rings is 1. The molecule has 1 N–H and O–H groups in total. The number of rotatable bonds is 4. The van der Waals surface area contributed by atoms with Gasteiger partial charge < -0.3 is 5.11 Å². The molecule has 0 bridgehead atoms. The molecule has 1 atom stereocenters. The normalized spacial score (nSPS) is 19.9. The van der Waals surface area contributed by atoms with Crippen LogP contribution in [0.3, 0.4) is 0 Å². The van der Waals surface area contributed by atoms with E-state index >= 15 is 0 Å². The third-order valence-electron chi connectivity index (χ3n) is 3.67. The molecule has 1 fully saturated rings. The quantitative estimate of drug-likeness (QED) is 0.790. The predicted octanol–water partition coefficient (Wildman–Crippen LogP) is 3.07. The Morgan fingerprint density at radius 2 is 1.93 bits per heavy atom. The van der Waals surface area contributed by atoms with E-state index < -0.39 is 0 Å². The lowest BCUT2D eigenvalue weighted by atomic mass is 9.84. The van der Waals surface area contributed by atoms with Crippen molar-refractivity contribution in [2.24, 2.45) is 5.92 Å².